The van der Waals surface area contributed by atoms with Crippen molar-refractivity contribution in [2.45, 2.75) is 19.6 Å². The number of hydrogen-bond donors (Lipinski definition) is 0. The van der Waals surface area contributed by atoms with E-state index in [-0.39, 0.29) is 23.1 Å². The molecule has 0 N–H and O–H groups in total. The van der Waals surface area contributed by atoms with Gasteiger partial charge in [0.1, 0.15) is 5.75 Å². The molecule has 1 aromatic carbocycles. The predicted octanol–water partition coefficient (Wildman–Crippen LogP) is 2.75. The highest BCUT2D eigenvalue weighted by atomic mass is 79.9. The van der Waals surface area contributed by atoms with Crippen molar-refractivity contribution < 1.29 is 4.43 Å². The second-order valence-electron chi connectivity index (χ2n) is 3.67. The molecule has 0 atom stereocenters. The first-order valence-electron chi connectivity index (χ1n) is 3.92. The standard InChI is InChI=1S/C9H13BrOSi.Mg.2H/c1-12(2,3)11-9-6-4-5-8(10)7-9;;;/h4-7H,1-3H3;;;. The molecule has 0 amide bonds. The highest BCUT2D eigenvalue weighted by Gasteiger charge is 2.15. The second kappa shape index (κ2) is 5.39. The summed E-state index contributed by atoms with van der Waals surface area (Å²) in [6, 6.07) is 7.97. The first kappa shape index (κ1) is 13.5. The van der Waals surface area contributed by atoms with Gasteiger partial charge < -0.3 is 4.43 Å². The fourth-order valence-corrected chi connectivity index (χ4v) is 2.10. The monoisotopic (exact) mass is 270 g/mol. The Morgan fingerprint density at radius 3 is 2.31 bits per heavy atom. The Hall–Kier alpha value is 0.483. The normalized spacial score (nSPS) is 10.5. The van der Waals surface area contributed by atoms with E-state index in [0.29, 0.717) is 0 Å². The van der Waals surface area contributed by atoms with E-state index in [2.05, 4.69) is 35.6 Å². The van der Waals surface area contributed by atoms with Gasteiger partial charge in [-0.05, 0) is 37.8 Å². The summed E-state index contributed by atoms with van der Waals surface area (Å²) in [7, 11) is -1.44. The van der Waals surface area contributed by atoms with Crippen molar-refractivity contribution in [3.8, 4) is 5.75 Å². The molecule has 1 aromatic rings. The summed E-state index contributed by atoms with van der Waals surface area (Å²) in [5.74, 6) is 0.962. The van der Waals surface area contributed by atoms with Gasteiger partial charge in [0, 0.05) is 4.47 Å². The van der Waals surface area contributed by atoms with Crippen LogP contribution in [0.3, 0.4) is 0 Å². The van der Waals surface area contributed by atoms with Crippen molar-refractivity contribution in [1.29, 1.82) is 0 Å². The average Bonchev–Trinajstić information content (AvgIpc) is 1.82. The Kier molecular flexibility index (Phi) is 5.59. The molecule has 1 rings (SSSR count). The van der Waals surface area contributed by atoms with Gasteiger partial charge in [-0.15, -0.1) is 0 Å². The van der Waals surface area contributed by atoms with Crippen molar-refractivity contribution >= 4 is 47.3 Å². The Balaban J connectivity index is 0.00000144. The topological polar surface area (TPSA) is 9.23 Å². The Bertz CT molecular complexity index is 273. The molecule has 0 saturated heterocycles. The molecule has 4 heteroatoms. The third-order valence-electron chi connectivity index (χ3n) is 1.22. The molecule has 13 heavy (non-hydrogen) atoms. The predicted molar refractivity (Wildman–Crippen MR) is 66.7 cm³/mol. The van der Waals surface area contributed by atoms with Crippen LogP contribution in [-0.2, 0) is 0 Å². The van der Waals surface area contributed by atoms with Crippen LogP contribution in [0.15, 0.2) is 28.7 Å². The van der Waals surface area contributed by atoms with Crippen LogP contribution in [0, 0.1) is 0 Å². The van der Waals surface area contributed by atoms with Crippen LogP contribution in [-0.4, -0.2) is 31.4 Å². The van der Waals surface area contributed by atoms with E-state index in [1.807, 2.05) is 24.3 Å². The van der Waals surface area contributed by atoms with Gasteiger partial charge in [-0.2, -0.15) is 0 Å². The third kappa shape index (κ3) is 5.72. The van der Waals surface area contributed by atoms with Gasteiger partial charge in [-0.1, -0.05) is 22.0 Å². The van der Waals surface area contributed by atoms with Gasteiger partial charge in [-0.3, -0.25) is 0 Å². The molecule has 0 aliphatic carbocycles. The molecule has 1 nitrogen and oxygen atoms in total. The highest BCUT2D eigenvalue weighted by molar-refractivity contribution is 9.10. The molecule has 0 saturated carbocycles. The smallest absolute Gasteiger partial charge is 0.316 e. The first-order valence-corrected chi connectivity index (χ1v) is 8.12. The third-order valence-corrected chi connectivity index (χ3v) is 2.56. The fourth-order valence-electron chi connectivity index (χ4n) is 0.884. The van der Waals surface area contributed by atoms with Crippen molar-refractivity contribution in [2.24, 2.45) is 0 Å². The van der Waals surface area contributed by atoms with E-state index < -0.39 is 8.32 Å². The van der Waals surface area contributed by atoms with Crippen LogP contribution < -0.4 is 4.43 Å². The van der Waals surface area contributed by atoms with E-state index in [0.717, 1.165) is 10.2 Å². The number of benzene rings is 1. The molecule has 0 bridgehead atoms. The zero-order valence-corrected chi connectivity index (χ0v) is 10.2. The SMILES string of the molecule is C[Si](C)(C)Oc1cccc(Br)c1.[MgH2]. The molecule has 0 unspecified atom stereocenters. The lowest BCUT2D eigenvalue weighted by Crippen LogP contribution is -2.29. The largest absolute Gasteiger partial charge is 0.544 e. The molecular formula is C9H15BrMgOSi. The van der Waals surface area contributed by atoms with Gasteiger partial charge in [0.25, 0.3) is 0 Å². The van der Waals surface area contributed by atoms with Gasteiger partial charge in [0.05, 0.1) is 0 Å². The van der Waals surface area contributed by atoms with Crippen LogP contribution >= 0.6 is 15.9 Å². The molecule has 0 aliphatic heterocycles. The second-order valence-corrected chi connectivity index (χ2v) is 9.02. The van der Waals surface area contributed by atoms with Crippen LogP contribution in [0.5, 0.6) is 5.75 Å². The summed E-state index contributed by atoms with van der Waals surface area (Å²) in [6.07, 6.45) is 0. The minimum absolute atomic E-state index is 0. The van der Waals surface area contributed by atoms with Crippen molar-refractivity contribution in [3.05, 3.63) is 28.7 Å². The molecule has 0 heterocycles. The van der Waals surface area contributed by atoms with Gasteiger partial charge in [0.2, 0.25) is 8.32 Å². The summed E-state index contributed by atoms with van der Waals surface area (Å²) in [4.78, 5) is 0. The Labute approximate surface area is 105 Å². The lowest BCUT2D eigenvalue weighted by molar-refractivity contribution is 0.557. The maximum Gasteiger partial charge on any atom is 0.316 e. The van der Waals surface area contributed by atoms with Crippen LogP contribution in [0.4, 0.5) is 0 Å². The summed E-state index contributed by atoms with van der Waals surface area (Å²) >= 11 is 3.41. The summed E-state index contributed by atoms with van der Waals surface area (Å²) in [5, 5.41) is 0. The van der Waals surface area contributed by atoms with Gasteiger partial charge >= 0.3 is 23.1 Å². The van der Waals surface area contributed by atoms with Crippen molar-refractivity contribution in [2.75, 3.05) is 0 Å². The van der Waals surface area contributed by atoms with Crippen LogP contribution in [0.1, 0.15) is 0 Å². The molecule has 70 valence electrons. The fraction of sp³-hybridized carbons (Fsp3) is 0.333. The molecule has 0 radical (unpaired) electrons. The number of halogens is 1. The Morgan fingerprint density at radius 1 is 1.23 bits per heavy atom. The van der Waals surface area contributed by atoms with E-state index in [1.165, 1.54) is 0 Å². The Morgan fingerprint density at radius 2 is 1.85 bits per heavy atom. The van der Waals surface area contributed by atoms with E-state index in [4.69, 9.17) is 4.43 Å². The average molecular weight is 272 g/mol. The minimum atomic E-state index is -1.44. The van der Waals surface area contributed by atoms with Crippen molar-refractivity contribution in [1.82, 2.24) is 0 Å². The molecular weight excluding hydrogens is 256 g/mol. The van der Waals surface area contributed by atoms with Crippen LogP contribution in [0.2, 0.25) is 19.6 Å². The quantitative estimate of drug-likeness (QED) is 0.752. The maximum atomic E-state index is 5.79. The highest BCUT2D eigenvalue weighted by Crippen LogP contribution is 2.20. The molecule has 0 aliphatic rings. The number of rotatable bonds is 2. The molecule has 0 aromatic heterocycles. The van der Waals surface area contributed by atoms with E-state index in [9.17, 15) is 0 Å². The maximum absolute atomic E-state index is 5.79. The summed E-state index contributed by atoms with van der Waals surface area (Å²) in [5.41, 5.74) is 0. The van der Waals surface area contributed by atoms with Crippen LogP contribution in [0.25, 0.3) is 0 Å². The zero-order chi connectivity index (χ0) is 9.19. The van der Waals surface area contributed by atoms with Gasteiger partial charge in [-0.25, -0.2) is 0 Å². The first-order chi connectivity index (χ1) is 5.47. The summed E-state index contributed by atoms with van der Waals surface area (Å²) in [6.45, 7) is 6.52. The van der Waals surface area contributed by atoms with E-state index in [1.54, 1.807) is 0 Å². The summed E-state index contributed by atoms with van der Waals surface area (Å²) < 4.78 is 6.86. The van der Waals surface area contributed by atoms with Crippen molar-refractivity contribution in [3.63, 3.8) is 0 Å². The molecule has 0 spiro atoms. The zero-order valence-electron chi connectivity index (χ0n) is 7.60. The molecule has 0 fully saturated rings. The lowest BCUT2D eigenvalue weighted by atomic mass is 10.3. The van der Waals surface area contributed by atoms with Gasteiger partial charge in [0.15, 0.2) is 0 Å². The van der Waals surface area contributed by atoms with E-state index >= 15 is 0 Å². The minimum Gasteiger partial charge on any atom is -0.544 e. The lowest BCUT2D eigenvalue weighted by Gasteiger charge is -2.18. The number of hydrogen-bond acceptors (Lipinski definition) is 1.